The fourth-order valence-electron chi connectivity index (χ4n) is 1.73. The van der Waals surface area contributed by atoms with Crippen molar-refractivity contribution in [1.82, 2.24) is 0 Å². The molecule has 2 rings (SSSR count). The zero-order valence-corrected chi connectivity index (χ0v) is 9.77. The van der Waals surface area contributed by atoms with Gasteiger partial charge < -0.3 is 4.43 Å². The van der Waals surface area contributed by atoms with Gasteiger partial charge in [0.1, 0.15) is 0 Å². The molecule has 0 aromatic heterocycles. The predicted molar refractivity (Wildman–Crippen MR) is 57.1 cm³/mol. The first-order valence-electron chi connectivity index (χ1n) is 4.59. The number of hydrogen-bond acceptors (Lipinski definition) is 1. The number of rotatable bonds is 1. The first kappa shape index (κ1) is 8.22. The highest BCUT2D eigenvalue weighted by Crippen LogP contribution is 2.04. The second-order valence-electron chi connectivity index (χ2n) is 3.32. The van der Waals surface area contributed by atoms with Crippen LogP contribution in [0.2, 0.25) is 6.04 Å². The zero-order chi connectivity index (χ0) is 8.23. The van der Waals surface area contributed by atoms with Gasteiger partial charge in [-0.3, -0.25) is 0 Å². The van der Waals surface area contributed by atoms with Crippen LogP contribution in [0.25, 0.3) is 0 Å². The molecular weight excluding hydrogens is 180 g/mol. The number of hydrogen-bond donors (Lipinski definition) is 0. The average Bonchev–Trinajstić information content (AvgIpc) is 2.21. The Kier molecular flexibility index (Phi) is 2.76. The molecule has 1 aromatic rings. The summed E-state index contributed by atoms with van der Waals surface area (Å²) in [5.41, 5.74) is 0. The van der Waals surface area contributed by atoms with Crippen LogP contribution in [0.1, 0.15) is 6.42 Å². The summed E-state index contributed by atoms with van der Waals surface area (Å²) in [4.78, 5) is 0. The van der Waals surface area contributed by atoms with Crippen LogP contribution in [0.3, 0.4) is 0 Å². The smallest absolute Gasteiger partial charge is 0.152 e. The fourth-order valence-corrected chi connectivity index (χ4v) is 8.62. The Labute approximate surface area is 77.1 Å². The Morgan fingerprint density at radius 3 is 2.75 bits per heavy atom. The highest BCUT2D eigenvalue weighted by atomic mass is 29.2. The molecule has 1 atom stereocenters. The van der Waals surface area contributed by atoms with Gasteiger partial charge in [-0.15, -0.1) is 0 Å². The molecule has 0 radical (unpaired) electrons. The molecule has 0 saturated carbocycles. The lowest BCUT2D eigenvalue weighted by molar-refractivity contribution is 0.336. The van der Waals surface area contributed by atoms with E-state index in [9.17, 15) is 0 Å². The maximum atomic E-state index is 5.64. The Hall–Kier alpha value is -0.386. The summed E-state index contributed by atoms with van der Waals surface area (Å²) in [6.07, 6.45) is 1.30. The summed E-state index contributed by atoms with van der Waals surface area (Å²) >= 11 is 0. The van der Waals surface area contributed by atoms with E-state index in [-0.39, 0.29) is 9.28 Å². The minimum atomic E-state index is -0.568. The lowest BCUT2D eigenvalue weighted by atomic mass is 10.4. The van der Waals surface area contributed by atoms with Crippen LogP contribution < -0.4 is 5.19 Å². The van der Waals surface area contributed by atoms with Crippen molar-refractivity contribution in [2.24, 2.45) is 0 Å². The first-order valence-corrected chi connectivity index (χ1v) is 9.83. The van der Waals surface area contributed by atoms with Gasteiger partial charge in [-0.05, 0) is 6.42 Å². The van der Waals surface area contributed by atoms with Gasteiger partial charge in [-0.2, -0.15) is 0 Å². The van der Waals surface area contributed by atoms with Crippen LogP contribution >= 0.6 is 0 Å². The second kappa shape index (κ2) is 4.02. The van der Waals surface area contributed by atoms with Gasteiger partial charge in [0.25, 0.3) is 0 Å². The lowest BCUT2D eigenvalue weighted by Crippen LogP contribution is -2.41. The highest BCUT2D eigenvalue weighted by Gasteiger charge is 2.17. The van der Waals surface area contributed by atoms with E-state index in [4.69, 9.17) is 4.43 Å². The minimum absolute atomic E-state index is 0.137. The van der Waals surface area contributed by atoms with E-state index in [1.807, 2.05) is 0 Å². The molecule has 64 valence electrons. The lowest BCUT2D eigenvalue weighted by Gasteiger charge is -2.20. The van der Waals surface area contributed by atoms with Crippen molar-refractivity contribution in [3.8, 4) is 0 Å². The maximum absolute atomic E-state index is 5.64. The monoisotopic (exact) mass is 194 g/mol. The van der Waals surface area contributed by atoms with Gasteiger partial charge in [0.05, 0.1) is 8.31 Å². The van der Waals surface area contributed by atoms with E-state index >= 15 is 0 Å². The molecule has 1 aromatic carbocycles. The highest BCUT2D eigenvalue weighted by molar-refractivity contribution is 7.17. The molecule has 0 amide bonds. The van der Waals surface area contributed by atoms with E-state index in [0.717, 1.165) is 6.61 Å². The fraction of sp³-hybridized carbons (Fsp3) is 0.333. The molecule has 1 nitrogen and oxygen atoms in total. The minimum Gasteiger partial charge on any atom is -0.427 e. The zero-order valence-electron chi connectivity index (χ0n) is 7.20. The summed E-state index contributed by atoms with van der Waals surface area (Å²) in [5.74, 6) is 0. The predicted octanol–water partition coefficient (Wildman–Crippen LogP) is 0.121. The van der Waals surface area contributed by atoms with Crippen molar-refractivity contribution in [2.75, 3.05) is 6.61 Å². The van der Waals surface area contributed by atoms with Gasteiger partial charge in [0.2, 0.25) is 0 Å². The molecule has 1 heterocycles. The number of benzene rings is 1. The summed E-state index contributed by atoms with van der Waals surface area (Å²) < 4.78 is 5.64. The van der Waals surface area contributed by atoms with Gasteiger partial charge in [0.15, 0.2) is 9.28 Å². The van der Waals surface area contributed by atoms with E-state index in [0.29, 0.717) is 0 Å². The van der Waals surface area contributed by atoms with Crippen LogP contribution in [-0.2, 0) is 4.43 Å². The van der Waals surface area contributed by atoms with Gasteiger partial charge in [0, 0.05) is 6.61 Å². The molecule has 1 saturated heterocycles. The van der Waals surface area contributed by atoms with Crippen LogP contribution in [0.4, 0.5) is 0 Å². The summed E-state index contributed by atoms with van der Waals surface area (Å²) in [7, 11) is -0.705. The second-order valence-corrected chi connectivity index (χ2v) is 10.7. The first-order chi connectivity index (χ1) is 5.97. The third-order valence-electron chi connectivity index (χ3n) is 2.43. The van der Waals surface area contributed by atoms with E-state index in [1.54, 1.807) is 5.19 Å². The normalized spacial score (nSPS) is 25.8. The average molecular weight is 194 g/mol. The molecule has 3 heteroatoms. The maximum Gasteiger partial charge on any atom is 0.152 e. The molecule has 1 aliphatic rings. The SMILES string of the molecule is c1ccc([SiH]2CCCO[SiH2]2)cc1. The molecule has 0 aliphatic carbocycles. The van der Waals surface area contributed by atoms with E-state index in [1.165, 1.54) is 12.5 Å². The molecule has 1 fully saturated rings. The summed E-state index contributed by atoms with van der Waals surface area (Å²) in [5, 5.41) is 1.63. The van der Waals surface area contributed by atoms with Crippen molar-refractivity contribution in [3.63, 3.8) is 0 Å². The van der Waals surface area contributed by atoms with Crippen molar-refractivity contribution in [3.05, 3.63) is 30.3 Å². The molecule has 1 unspecified atom stereocenters. The van der Waals surface area contributed by atoms with Crippen LogP contribution in [0, 0.1) is 0 Å². The summed E-state index contributed by atoms with van der Waals surface area (Å²) in [6.45, 7) is 1.04. The van der Waals surface area contributed by atoms with Crippen molar-refractivity contribution in [1.29, 1.82) is 0 Å². The van der Waals surface area contributed by atoms with Crippen molar-refractivity contribution >= 4 is 22.8 Å². The quantitative estimate of drug-likeness (QED) is 0.577. The molecule has 1 aliphatic heterocycles. The third-order valence-corrected chi connectivity index (χ3v) is 10.3. The van der Waals surface area contributed by atoms with Crippen LogP contribution in [0.15, 0.2) is 30.3 Å². The van der Waals surface area contributed by atoms with Crippen molar-refractivity contribution < 1.29 is 4.43 Å². The molecule has 0 spiro atoms. The van der Waals surface area contributed by atoms with Crippen LogP contribution in [-0.4, -0.2) is 24.2 Å². The Balaban J connectivity index is 2.08. The standard InChI is InChI=1S/C9H14OSi2/c1-2-5-9(6-3-1)12-8-4-7-10-11-12/h1-3,5-6,12H,4,7-8,11H2. The van der Waals surface area contributed by atoms with Crippen LogP contribution in [0.5, 0.6) is 0 Å². The van der Waals surface area contributed by atoms with Gasteiger partial charge in [-0.25, -0.2) is 0 Å². The van der Waals surface area contributed by atoms with E-state index in [2.05, 4.69) is 30.3 Å². The Morgan fingerprint density at radius 1 is 1.25 bits per heavy atom. The third kappa shape index (κ3) is 1.85. The van der Waals surface area contributed by atoms with Gasteiger partial charge in [-0.1, -0.05) is 41.6 Å². The molecule has 12 heavy (non-hydrogen) atoms. The molecule has 0 N–H and O–H groups in total. The largest absolute Gasteiger partial charge is 0.427 e. The van der Waals surface area contributed by atoms with E-state index < -0.39 is 8.31 Å². The Bertz CT molecular complexity index is 232. The topological polar surface area (TPSA) is 9.23 Å². The van der Waals surface area contributed by atoms with Gasteiger partial charge >= 0.3 is 0 Å². The Morgan fingerprint density at radius 2 is 2.08 bits per heavy atom. The van der Waals surface area contributed by atoms with Crippen molar-refractivity contribution in [2.45, 2.75) is 12.5 Å². The summed E-state index contributed by atoms with van der Waals surface area (Å²) in [6, 6.07) is 12.5. The molecular formula is C9H14OSi2. The molecule has 0 bridgehead atoms.